The molecular weight excluding hydrogens is 216 g/mol. The normalized spacial score (nSPS) is 10.4. The van der Waals surface area contributed by atoms with Crippen molar-refractivity contribution in [3.63, 3.8) is 0 Å². The highest BCUT2D eigenvalue weighted by atomic mass is 16.5. The molecule has 1 rings (SSSR count). The van der Waals surface area contributed by atoms with Gasteiger partial charge in [0.05, 0.1) is 6.61 Å². The minimum Gasteiger partial charge on any atom is -0.463 e. The van der Waals surface area contributed by atoms with Gasteiger partial charge in [0, 0.05) is 11.6 Å². The van der Waals surface area contributed by atoms with Gasteiger partial charge >= 0.3 is 5.97 Å². The maximum absolute atomic E-state index is 11.6. The standard InChI is InChI=1S/C14H16O3/c1-2-3-11-17-14(16)10-9-13(15)12-7-5-4-6-8-12/h4-10H,2-3,11H2,1H3. The summed E-state index contributed by atoms with van der Waals surface area (Å²) in [6, 6.07) is 8.80. The fourth-order valence-electron chi connectivity index (χ4n) is 1.21. The van der Waals surface area contributed by atoms with Gasteiger partial charge in [0.15, 0.2) is 5.78 Å². The summed E-state index contributed by atoms with van der Waals surface area (Å²) < 4.78 is 4.89. The van der Waals surface area contributed by atoms with E-state index in [4.69, 9.17) is 4.74 Å². The Morgan fingerprint density at radius 1 is 1.18 bits per heavy atom. The first-order chi connectivity index (χ1) is 8.24. The molecule has 1 aromatic carbocycles. The van der Waals surface area contributed by atoms with E-state index in [1.54, 1.807) is 24.3 Å². The molecule has 0 aromatic heterocycles. The quantitative estimate of drug-likeness (QED) is 0.328. The highest BCUT2D eigenvalue weighted by Gasteiger charge is 2.01. The van der Waals surface area contributed by atoms with Crippen LogP contribution in [0.1, 0.15) is 30.1 Å². The fourth-order valence-corrected chi connectivity index (χ4v) is 1.21. The largest absolute Gasteiger partial charge is 0.463 e. The van der Waals surface area contributed by atoms with Crippen LogP contribution in [0.3, 0.4) is 0 Å². The Morgan fingerprint density at radius 2 is 1.88 bits per heavy atom. The van der Waals surface area contributed by atoms with Crippen molar-refractivity contribution in [3.8, 4) is 0 Å². The lowest BCUT2D eigenvalue weighted by molar-refractivity contribution is -0.137. The number of ether oxygens (including phenoxy) is 1. The summed E-state index contributed by atoms with van der Waals surface area (Å²) >= 11 is 0. The maximum atomic E-state index is 11.6. The third-order valence-corrected chi connectivity index (χ3v) is 2.17. The first-order valence-corrected chi connectivity index (χ1v) is 5.68. The second-order valence-corrected chi connectivity index (χ2v) is 3.58. The lowest BCUT2D eigenvalue weighted by Gasteiger charge is -1.99. The van der Waals surface area contributed by atoms with Crippen LogP contribution >= 0.6 is 0 Å². The van der Waals surface area contributed by atoms with Gasteiger partial charge in [-0.05, 0) is 12.5 Å². The fraction of sp³-hybridized carbons (Fsp3) is 0.286. The van der Waals surface area contributed by atoms with Gasteiger partial charge in [-0.2, -0.15) is 0 Å². The van der Waals surface area contributed by atoms with Crippen LogP contribution in [0.25, 0.3) is 0 Å². The first-order valence-electron chi connectivity index (χ1n) is 5.68. The van der Waals surface area contributed by atoms with Crippen molar-refractivity contribution in [2.75, 3.05) is 6.61 Å². The van der Waals surface area contributed by atoms with Crippen LogP contribution < -0.4 is 0 Å². The Morgan fingerprint density at radius 3 is 2.53 bits per heavy atom. The number of carbonyl (C=O) groups is 2. The van der Waals surface area contributed by atoms with Gasteiger partial charge in [-0.1, -0.05) is 43.7 Å². The Labute approximate surface area is 101 Å². The monoisotopic (exact) mass is 232 g/mol. The van der Waals surface area contributed by atoms with E-state index in [9.17, 15) is 9.59 Å². The van der Waals surface area contributed by atoms with Crippen molar-refractivity contribution in [1.29, 1.82) is 0 Å². The number of benzene rings is 1. The van der Waals surface area contributed by atoms with Crippen LogP contribution in [0.2, 0.25) is 0 Å². The molecule has 3 heteroatoms. The van der Waals surface area contributed by atoms with E-state index in [-0.39, 0.29) is 5.78 Å². The molecule has 0 amide bonds. The number of ketones is 1. The highest BCUT2D eigenvalue weighted by Crippen LogP contribution is 2.01. The molecule has 0 N–H and O–H groups in total. The number of hydrogen-bond donors (Lipinski definition) is 0. The zero-order chi connectivity index (χ0) is 12.5. The van der Waals surface area contributed by atoms with Gasteiger partial charge in [-0.3, -0.25) is 4.79 Å². The van der Waals surface area contributed by atoms with E-state index in [0.717, 1.165) is 12.8 Å². The summed E-state index contributed by atoms with van der Waals surface area (Å²) in [5.41, 5.74) is 0.560. The third kappa shape index (κ3) is 5.11. The second-order valence-electron chi connectivity index (χ2n) is 3.58. The number of allylic oxidation sites excluding steroid dienone is 1. The molecule has 0 spiro atoms. The lowest BCUT2D eigenvalue weighted by Crippen LogP contribution is -2.03. The van der Waals surface area contributed by atoms with E-state index >= 15 is 0 Å². The van der Waals surface area contributed by atoms with Crippen molar-refractivity contribution in [1.82, 2.24) is 0 Å². The van der Waals surface area contributed by atoms with Crippen molar-refractivity contribution in [2.45, 2.75) is 19.8 Å². The molecule has 0 aliphatic heterocycles. The summed E-state index contributed by atoms with van der Waals surface area (Å²) in [5.74, 6) is -0.666. The van der Waals surface area contributed by atoms with Crippen LogP contribution in [0.5, 0.6) is 0 Å². The molecule has 0 aliphatic rings. The predicted octanol–water partition coefficient (Wildman–Crippen LogP) is 2.77. The Kier molecular flexibility index (Phi) is 5.72. The van der Waals surface area contributed by atoms with Crippen molar-refractivity contribution in [3.05, 3.63) is 48.0 Å². The minimum absolute atomic E-state index is 0.196. The lowest BCUT2D eigenvalue weighted by atomic mass is 10.1. The zero-order valence-electron chi connectivity index (χ0n) is 9.89. The number of hydrogen-bond acceptors (Lipinski definition) is 3. The zero-order valence-corrected chi connectivity index (χ0v) is 9.89. The van der Waals surface area contributed by atoms with Crippen LogP contribution in [-0.4, -0.2) is 18.4 Å². The van der Waals surface area contributed by atoms with Gasteiger partial charge < -0.3 is 4.74 Å². The van der Waals surface area contributed by atoms with E-state index in [0.29, 0.717) is 12.2 Å². The molecule has 1 aromatic rings. The molecule has 90 valence electrons. The van der Waals surface area contributed by atoms with Crippen LogP contribution in [0.15, 0.2) is 42.5 Å². The van der Waals surface area contributed by atoms with Gasteiger partial charge in [-0.25, -0.2) is 4.79 Å². The SMILES string of the molecule is CCCCOC(=O)C=CC(=O)c1ccccc1. The van der Waals surface area contributed by atoms with Gasteiger partial charge in [-0.15, -0.1) is 0 Å². The van der Waals surface area contributed by atoms with Crippen molar-refractivity contribution >= 4 is 11.8 Å². The second kappa shape index (κ2) is 7.39. The molecule has 0 heterocycles. The van der Waals surface area contributed by atoms with Crippen LogP contribution in [-0.2, 0) is 9.53 Å². The van der Waals surface area contributed by atoms with Crippen molar-refractivity contribution in [2.24, 2.45) is 0 Å². The molecule has 0 fully saturated rings. The molecular formula is C14H16O3. The topological polar surface area (TPSA) is 43.4 Å². The Bertz CT molecular complexity index is 393. The smallest absolute Gasteiger partial charge is 0.330 e. The van der Waals surface area contributed by atoms with Crippen LogP contribution in [0, 0.1) is 0 Å². The third-order valence-electron chi connectivity index (χ3n) is 2.17. The molecule has 0 aliphatic carbocycles. The molecule has 0 radical (unpaired) electrons. The summed E-state index contributed by atoms with van der Waals surface area (Å²) in [5, 5.41) is 0. The summed E-state index contributed by atoms with van der Waals surface area (Å²) in [4.78, 5) is 22.8. The number of esters is 1. The van der Waals surface area contributed by atoms with Gasteiger partial charge in [0.1, 0.15) is 0 Å². The maximum Gasteiger partial charge on any atom is 0.330 e. The van der Waals surface area contributed by atoms with E-state index in [1.807, 2.05) is 13.0 Å². The van der Waals surface area contributed by atoms with Gasteiger partial charge in [0.2, 0.25) is 0 Å². The van der Waals surface area contributed by atoms with Crippen molar-refractivity contribution < 1.29 is 14.3 Å². The molecule has 0 unspecified atom stereocenters. The molecule has 3 nitrogen and oxygen atoms in total. The van der Waals surface area contributed by atoms with Gasteiger partial charge in [0.25, 0.3) is 0 Å². The van der Waals surface area contributed by atoms with E-state index < -0.39 is 5.97 Å². The molecule has 0 bridgehead atoms. The predicted molar refractivity (Wildman–Crippen MR) is 65.8 cm³/mol. The molecule has 0 atom stereocenters. The van der Waals surface area contributed by atoms with Crippen LogP contribution in [0.4, 0.5) is 0 Å². The average Bonchev–Trinajstić information content (AvgIpc) is 2.37. The first kappa shape index (κ1) is 13.2. The number of carbonyl (C=O) groups excluding carboxylic acids is 2. The summed E-state index contributed by atoms with van der Waals surface area (Å²) in [7, 11) is 0. The summed E-state index contributed by atoms with van der Waals surface area (Å²) in [6.45, 7) is 2.42. The highest BCUT2D eigenvalue weighted by molar-refractivity contribution is 6.06. The molecule has 0 saturated heterocycles. The van der Waals surface area contributed by atoms with E-state index in [2.05, 4.69) is 0 Å². The Balaban J connectivity index is 2.43. The van der Waals surface area contributed by atoms with E-state index in [1.165, 1.54) is 12.2 Å². The number of unbranched alkanes of at least 4 members (excludes halogenated alkanes) is 1. The molecule has 0 saturated carbocycles. The Hall–Kier alpha value is -1.90. The minimum atomic E-state index is -0.470. The average molecular weight is 232 g/mol. The number of rotatable bonds is 6. The summed E-state index contributed by atoms with van der Waals surface area (Å²) in [6.07, 6.45) is 4.22. The molecule has 17 heavy (non-hydrogen) atoms.